The molecule has 17 heavy (non-hydrogen) atoms. The van der Waals surface area contributed by atoms with Crippen LogP contribution in [0.4, 0.5) is 0 Å². The van der Waals surface area contributed by atoms with Gasteiger partial charge in [-0.05, 0) is 24.1 Å². The van der Waals surface area contributed by atoms with Crippen molar-refractivity contribution in [1.82, 2.24) is 0 Å². The molecule has 1 aromatic rings. The van der Waals surface area contributed by atoms with Gasteiger partial charge in [0, 0.05) is 6.61 Å². The lowest BCUT2D eigenvalue weighted by molar-refractivity contribution is 0.00418. The van der Waals surface area contributed by atoms with Gasteiger partial charge >= 0.3 is 0 Å². The van der Waals surface area contributed by atoms with Crippen LogP contribution in [0.25, 0.3) is 0 Å². The molecule has 0 spiro atoms. The first-order valence-electron chi connectivity index (χ1n) is 5.19. The summed E-state index contributed by atoms with van der Waals surface area (Å²) in [5, 5.41) is 36.9. The minimum Gasteiger partial charge on any atom is -0.495 e. The molecule has 0 amide bonds. The number of methoxy groups -OCH3 is 1. The Balaban J connectivity index is 2.96. The fourth-order valence-corrected chi connectivity index (χ4v) is 1.51. The summed E-state index contributed by atoms with van der Waals surface area (Å²) >= 11 is 0. The minimum absolute atomic E-state index is 0.0785. The Hall–Kier alpha value is -1.61. The van der Waals surface area contributed by atoms with Crippen LogP contribution >= 0.6 is 0 Å². The van der Waals surface area contributed by atoms with Crippen molar-refractivity contribution in [3.63, 3.8) is 0 Å². The molecule has 0 aliphatic rings. The highest BCUT2D eigenvalue weighted by molar-refractivity contribution is 5.46. The van der Waals surface area contributed by atoms with Gasteiger partial charge in [0.1, 0.15) is 17.9 Å². The Morgan fingerprint density at radius 3 is 2.65 bits per heavy atom. The van der Waals surface area contributed by atoms with Crippen molar-refractivity contribution in [3.05, 3.63) is 29.3 Å². The number of benzene rings is 1. The normalized spacial score (nSPS) is 13.8. The van der Waals surface area contributed by atoms with E-state index in [1.54, 1.807) is 12.1 Å². The number of aliphatic hydroxyl groups is 3. The Morgan fingerprint density at radius 1 is 1.41 bits per heavy atom. The van der Waals surface area contributed by atoms with Crippen molar-refractivity contribution in [2.75, 3.05) is 13.7 Å². The molecule has 0 aliphatic carbocycles. The number of ether oxygens (including phenoxy) is 1. The van der Waals surface area contributed by atoms with Crippen molar-refractivity contribution in [2.24, 2.45) is 0 Å². The Morgan fingerprint density at radius 2 is 2.12 bits per heavy atom. The van der Waals surface area contributed by atoms with Crippen LogP contribution in [0.5, 0.6) is 5.75 Å². The summed E-state index contributed by atoms with van der Waals surface area (Å²) < 4.78 is 4.97. The lowest BCUT2D eigenvalue weighted by atomic mass is 10.00. The van der Waals surface area contributed by atoms with Crippen LogP contribution in [0.3, 0.4) is 0 Å². The van der Waals surface area contributed by atoms with Gasteiger partial charge in [-0.2, -0.15) is 5.26 Å². The lowest BCUT2D eigenvalue weighted by Gasteiger charge is -2.17. The maximum absolute atomic E-state index is 9.79. The van der Waals surface area contributed by atoms with Crippen LogP contribution in [0, 0.1) is 11.3 Å². The van der Waals surface area contributed by atoms with Crippen LogP contribution in [-0.4, -0.2) is 35.1 Å². The molecule has 3 N–H and O–H groups in total. The Bertz CT molecular complexity index is 413. The second-order valence-electron chi connectivity index (χ2n) is 3.60. The average Bonchev–Trinajstić information content (AvgIpc) is 2.37. The first-order chi connectivity index (χ1) is 8.13. The van der Waals surface area contributed by atoms with E-state index in [9.17, 15) is 10.2 Å². The van der Waals surface area contributed by atoms with Crippen LogP contribution in [0.1, 0.15) is 23.7 Å². The second-order valence-corrected chi connectivity index (χ2v) is 3.60. The number of aliphatic hydroxyl groups excluding tert-OH is 3. The van der Waals surface area contributed by atoms with E-state index in [0.29, 0.717) is 16.9 Å². The fourth-order valence-electron chi connectivity index (χ4n) is 1.51. The van der Waals surface area contributed by atoms with E-state index >= 15 is 0 Å². The molecule has 0 radical (unpaired) electrons. The highest BCUT2D eigenvalue weighted by Crippen LogP contribution is 2.25. The van der Waals surface area contributed by atoms with Crippen LogP contribution in [0.2, 0.25) is 0 Å². The number of nitrogens with zero attached hydrogens (tertiary/aromatic N) is 1. The van der Waals surface area contributed by atoms with Crippen molar-refractivity contribution >= 4 is 0 Å². The third-order valence-corrected chi connectivity index (χ3v) is 2.47. The van der Waals surface area contributed by atoms with Gasteiger partial charge in [0.2, 0.25) is 0 Å². The van der Waals surface area contributed by atoms with Gasteiger partial charge in [-0.25, -0.2) is 0 Å². The summed E-state index contributed by atoms with van der Waals surface area (Å²) in [6.07, 6.45) is -2.10. The predicted molar refractivity (Wildman–Crippen MR) is 60.4 cm³/mol. The molecule has 0 bridgehead atoms. The number of hydrogen-bond donors (Lipinski definition) is 3. The van der Waals surface area contributed by atoms with Gasteiger partial charge in [-0.15, -0.1) is 0 Å². The van der Waals surface area contributed by atoms with E-state index in [1.165, 1.54) is 13.2 Å². The van der Waals surface area contributed by atoms with Crippen molar-refractivity contribution in [1.29, 1.82) is 5.26 Å². The van der Waals surface area contributed by atoms with E-state index < -0.39 is 12.2 Å². The summed E-state index contributed by atoms with van der Waals surface area (Å²) in [4.78, 5) is 0. The molecular weight excluding hydrogens is 222 g/mol. The van der Waals surface area contributed by atoms with E-state index in [0.717, 1.165) is 0 Å². The molecule has 0 heterocycles. The summed E-state index contributed by atoms with van der Waals surface area (Å²) in [7, 11) is 1.45. The van der Waals surface area contributed by atoms with E-state index in [-0.39, 0.29) is 13.0 Å². The molecule has 0 fully saturated rings. The summed E-state index contributed by atoms with van der Waals surface area (Å²) in [6, 6.07) is 6.54. The zero-order chi connectivity index (χ0) is 12.8. The molecule has 0 aromatic heterocycles. The Labute approximate surface area is 99.5 Å². The van der Waals surface area contributed by atoms with Crippen molar-refractivity contribution in [2.45, 2.75) is 18.6 Å². The molecule has 92 valence electrons. The summed E-state index contributed by atoms with van der Waals surface area (Å²) in [6.45, 7) is -0.209. The molecule has 5 nitrogen and oxygen atoms in total. The third-order valence-electron chi connectivity index (χ3n) is 2.47. The molecule has 2 unspecified atom stereocenters. The average molecular weight is 237 g/mol. The zero-order valence-corrected chi connectivity index (χ0v) is 9.50. The third kappa shape index (κ3) is 3.17. The Kier molecular flexibility index (Phi) is 4.91. The van der Waals surface area contributed by atoms with Gasteiger partial charge in [0.05, 0.1) is 18.8 Å². The zero-order valence-electron chi connectivity index (χ0n) is 9.50. The van der Waals surface area contributed by atoms with Crippen molar-refractivity contribution in [3.8, 4) is 11.8 Å². The first-order valence-corrected chi connectivity index (χ1v) is 5.19. The second kappa shape index (κ2) is 6.21. The maximum Gasteiger partial charge on any atom is 0.136 e. The molecule has 0 saturated heterocycles. The van der Waals surface area contributed by atoms with Crippen LogP contribution in [0.15, 0.2) is 18.2 Å². The van der Waals surface area contributed by atoms with Crippen LogP contribution < -0.4 is 4.74 Å². The monoisotopic (exact) mass is 237 g/mol. The lowest BCUT2D eigenvalue weighted by Crippen LogP contribution is -2.19. The summed E-state index contributed by atoms with van der Waals surface area (Å²) in [5.74, 6) is 0.417. The molecule has 2 atom stereocenters. The molecular formula is C12H15NO4. The highest BCUT2D eigenvalue weighted by atomic mass is 16.5. The predicted octanol–water partition coefficient (Wildman–Crippen LogP) is 0.344. The maximum atomic E-state index is 9.79. The number of rotatable bonds is 5. The largest absolute Gasteiger partial charge is 0.495 e. The highest BCUT2D eigenvalue weighted by Gasteiger charge is 2.19. The van der Waals surface area contributed by atoms with Gasteiger partial charge < -0.3 is 20.1 Å². The van der Waals surface area contributed by atoms with E-state index in [2.05, 4.69) is 0 Å². The number of nitriles is 1. The molecule has 1 aromatic carbocycles. The van der Waals surface area contributed by atoms with Crippen molar-refractivity contribution < 1.29 is 20.1 Å². The van der Waals surface area contributed by atoms with Gasteiger partial charge in [0.25, 0.3) is 0 Å². The standard InChI is InChI=1S/C12H15NO4/c1-17-11-3-2-8(6-9(11)7-13)12(16)10(15)4-5-14/h2-3,6,10,12,14-16H,4-5H2,1H3. The molecule has 0 saturated carbocycles. The minimum atomic E-state index is -1.12. The smallest absolute Gasteiger partial charge is 0.136 e. The molecule has 5 heteroatoms. The fraction of sp³-hybridized carbons (Fsp3) is 0.417. The first kappa shape index (κ1) is 13.5. The molecule has 0 aliphatic heterocycles. The van der Waals surface area contributed by atoms with E-state index in [4.69, 9.17) is 15.1 Å². The van der Waals surface area contributed by atoms with E-state index in [1.807, 2.05) is 6.07 Å². The van der Waals surface area contributed by atoms with Gasteiger partial charge in [-0.1, -0.05) is 6.07 Å². The summed E-state index contributed by atoms with van der Waals surface area (Å²) in [5.41, 5.74) is 0.712. The topological polar surface area (TPSA) is 93.7 Å². The van der Waals surface area contributed by atoms with Gasteiger partial charge in [-0.3, -0.25) is 0 Å². The quantitative estimate of drug-likeness (QED) is 0.686. The number of hydrogen-bond acceptors (Lipinski definition) is 5. The van der Waals surface area contributed by atoms with Crippen LogP contribution in [-0.2, 0) is 0 Å². The molecule has 1 rings (SSSR count). The SMILES string of the molecule is COc1ccc(C(O)C(O)CCO)cc1C#N. The van der Waals surface area contributed by atoms with Gasteiger partial charge in [0.15, 0.2) is 0 Å².